The standard InChI is InChI=1S/C9H8NO5S/c11-7-15-5-6-16(13,14)9-3-1-8(10-12)2-4-9/h1-4H,5-6H2. The molecule has 0 amide bonds. The van der Waals surface area contributed by atoms with Crippen molar-refractivity contribution in [2.75, 3.05) is 12.4 Å². The Morgan fingerprint density at radius 1 is 1.25 bits per heavy atom. The molecule has 0 aromatic heterocycles. The summed E-state index contributed by atoms with van der Waals surface area (Å²) in [6.07, 6.45) is 0. The molecule has 0 heterocycles. The van der Waals surface area contributed by atoms with Gasteiger partial charge in [0.15, 0.2) is 9.84 Å². The van der Waals surface area contributed by atoms with Crippen LogP contribution in [0, 0.1) is 4.91 Å². The van der Waals surface area contributed by atoms with Gasteiger partial charge in [0, 0.05) is 0 Å². The van der Waals surface area contributed by atoms with Gasteiger partial charge in [-0.3, -0.25) is 0 Å². The summed E-state index contributed by atoms with van der Waals surface area (Å²) in [5, 5.41) is 2.65. The maximum absolute atomic E-state index is 11.6. The van der Waals surface area contributed by atoms with E-state index in [-0.39, 0.29) is 22.9 Å². The number of carbonyl (C=O) groups excluding carboxylic acids is 1. The second-order valence-electron chi connectivity index (χ2n) is 2.84. The number of nitroso groups, excluding NO2 is 1. The van der Waals surface area contributed by atoms with E-state index in [1.54, 1.807) is 0 Å². The molecule has 0 unspecified atom stereocenters. The summed E-state index contributed by atoms with van der Waals surface area (Å²) < 4.78 is 27.4. The summed E-state index contributed by atoms with van der Waals surface area (Å²) in [5.41, 5.74) is 0.149. The van der Waals surface area contributed by atoms with Crippen LogP contribution in [0.4, 0.5) is 5.69 Å². The monoisotopic (exact) mass is 242 g/mol. The number of hydrogen-bond donors (Lipinski definition) is 0. The lowest BCUT2D eigenvalue weighted by Crippen LogP contribution is -2.11. The molecule has 0 saturated heterocycles. The minimum atomic E-state index is -3.51. The third-order valence-electron chi connectivity index (χ3n) is 1.81. The van der Waals surface area contributed by atoms with Crippen molar-refractivity contribution in [1.29, 1.82) is 0 Å². The van der Waals surface area contributed by atoms with E-state index < -0.39 is 9.84 Å². The summed E-state index contributed by atoms with van der Waals surface area (Å²) in [7, 11) is -3.51. The number of benzene rings is 1. The largest absolute Gasteiger partial charge is 0.456 e. The van der Waals surface area contributed by atoms with E-state index in [0.29, 0.717) is 0 Å². The van der Waals surface area contributed by atoms with Crippen LogP contribution in [-0.2, 0) is 19.4 Å². The molecule has 1 rings (SSSR count). The molecule has 0 fully saturated rings. The number of nitrogens with zero attached hydrogens (tertiary/aromatic N) is 1. The quantitative estimate of drug-likeness (QED) is 0.547. The summed E-state index contributed by atoms with van der Waals surface area (Å²) >= 11 is 0. The van der Waals surface area contributed by atoms with Gasteiger partial charge in [-0.25, -0.2) is 13.2 Å². The highest BCUT2D eigenvalue weighted by Crippen LogP contribution is 2.16. The molecule has 0 aliphatic heterocycles. The topological polar surface area (TPSA) is 89.9 Å². The van der Waals surface area contributed by atoms with Gasteiger partial charge >= 0.3 is 6.47 Å². The Morgan fingerprint density at radius 2 is 1.88 bits per heavy atom. The summed E-state index contributed by atoms with van der Waals surface area (Å²) in [5.74, 6) is -0.323. The average Bonchev–Trinajstić information content (AvgIpc) is 2.29. The van der Waals surface area contributed by atoms with E-state index in [1.165, 1.54) is 24.3 Å². The van der Waals surface area contributed by atoms with Crippen molar-refractivity contribution in [3.63, 3.8) is 0 Å². The van der Waals surface area contributed by atoms with E-state index in [4.69, 9.17) is 0 Å². The summed E-state index contributed by atoms with van der Waals surface area (Å²) in [6.45, 7) is 0.889. The maximum Gasteiger partial charge on any atom is 0.417 e. The lowest BCUT2D eigenvalue weighted by atomic mass is 10.3. The molecule has 0 N–H and O–H groups in total. The molecule has 16 heavy (non-hydrogen) atoms. The molecule has 1 radical (unpaired) electrons. The smallest absolute Gasteiger partial charge is 0.417 e. The Hall–Kier alpha value is -1.76. The van der Waals surface area contributed by atoms with Crippen molar-refractivity contribution in [3.05, 3.63) is 29.2 Å². The zero-order chi connectivity index (χ0) is 12.0. The molecule has 0 spiro atoms. The zero-order valence-corrected chi connectivity index (χ0v) is 8.94. The van der Waals surface area contributed by atoms with Gasteiger partial charge in [0.25, 0.3) is 0 Å². The Labute approximate surface area is 92.1 Å². The van der Waals surface area contributed by atoms with Gasteiger partial charge in [-0.15, -0.1) is 4.91 Å². The van der Waals surface area contributed by atoms with Crippen LogP contribution in [0.25, 0.3) is 0 Å². The van der Waals surface area contributed by atoms with Crippen molar-refractivity contribution >= 4 is 22.0 Å². The fourth-order valence-corrected chi connectivity index (χ4v) is 2.11. The lowest BCUT2D eigenvalue weighted by Gasteiger charge is -2.02. The van der Waals surface area contributed by atoms with Gasteiger partial charge < -0.3 is 4.74 Å². The molecule has 1 aromatic carbocycles. The van der Waals surface area contributed by atoms with Gasteiger partial charge in [0.2, 0.25) is 0 Å². The van der Waals surface area contributed by atoms with Crippen LogP contribution in [0.15, 0.2) is 34.3 Å². The van der Waals surface area contributed by atoms with Crippen LogP contribution in [0.5, 0.6) is 0 Å². The SMILES string of the molecule is O=[C]OCCS(=O)(=O)c1ccc(N=O)cc1. The third kappa shape index (κ3) is 3.13. The van der Waals surface area contributed by atoms with Crippen molar-refractivity contribution in [2.24, 2.45) is 5.18 Å². The summed E-state index contributed by atoms with van der Waals surface area (Å²) in [4.78, 5) is 19.9. The zero-order valence-electron chi connectivity index (χ0n) is 8.12. The highest BCUT2D eigenvalue weighted by molar-refractivity contribution is 7.91. The van der Waals surface area contributed by atoms with E-state index in [2.05, 4.69) is 9.91 Å². The third-order valence-corrected chi connectivity index (χ3v) is 3.51. The number of hydrogen-bond acceptors (Lipinski definition) is 6. The van der Waals surface area contributed by atoms with Crippen molar-refractivity contribution in [1.82, 2.24) is 0 Å². The first-order valence-corrected chi connectivity index (χ1v) is 5.90. The van der Waals surface area contributed by atoms with Crippen molar-refractivity contribution in [2.45, 2.75) is 4.90 Å². The van der Waals surface area contributed by atoms with E-state index in [9.17, 15) is 18.1 Å². The van der Waals surface area contributed by atoms with Gasteiger partial charge in [0.1, 0.15) is 12.3 Å². The van der Waals surface area contributed by atoms with Crippen LogP contribution < -0.4 is 0 Å². The first-order valence-electron chi connectivity index (χ1n) is 4.25. The van der Waals surface area contributed by atoms with Gasteiger partial charge in [-0.2, -0.15) is 0 Å². The second kappa shape index (κ2) is 5.36. The first-order chi connectivity index (χ1) is 7.60. The predicted octanol–water partition coefficient (Wildman–Crippen LogP) is 0.942. The van der Waals surface area contributed by atoms with E-state index >= 15 is 0 Å². The fraction of sp³-hybridized carbons (Fsp3) is 0.222. The van der Waals surface area contributed by atoms with Gasteiger partial charge in [0.05, 0.1) is 10.6 Å². The Bertz CT molecular complexity index is 465. The second-order valence-corrected chi connectivity index (χ2v) is 4.95. The molecule has 7 heteroatoms. The molecular formula is C9H8NO5S. The van der Waals surface area contributed by atoms with Gasteiger partial charge in [-0.1, -0.05) is 0 Å². The molecule has 0 aliphatic carbocycles. The summed E-state index contributed by atoms with van der Waals surface area (Å²) in [6, 6.07) is 5.15. The average molecular weight is 242 g/mol. The Balaban J connectivity index is 2.81. The highest BCUT2D eigenvalue weighted by atomic mass is 32.2. The molecule has 0 saturated carbocycles. The molecular weight excluding hydrogens is 234 g/mol. The molecule has 0 aliphatic rings. The first kappa shape index (κ1) is 12.3. The minimum absolute atomic E-state index is 0.0504. The minimum Gasteiger partial charge on any atom is -0.456 e. The molecule has 0 atom stereocenters. The Morgan fingerprint density at radius 3 is 2.38 bits per heavy atom. The number of rotatable bonds is 6. The van der Waals surface area contributed by atoms with Gasteiger partial charge in [-0.05, 0) is 29.4 Å². The van der Waals surface area contributed by atoms with Crippen LogP contribution in [0.2, 0.25) is 0 Å². The normalized spacial score (nSPS) is 10.8. The van der Waals surface area contributed by atoms with Crippen molar-refractivity contribution in [3.8, 4) is 0 Å². The highest BCUT2D eigenvalue weighted by Gasteiger charge is 2.14. The van der Waals surface area contributed by atoms with Crippen LogP contribution in [0.1, 0.15) is 0 Å². The van der Waals surface area contributed by atoms with Crippen LogP contribution in [0.3, 0.4) is 0 Å². The van der Waals surface area contributed by atoms with Crippen LogP contribution in [-0.4, -0.2) is 27.2 Å². The predicted molar refractivity (Wildman–Crippen MR) is 55.6 cm³/mol. The molecule has 1 aromatic rings. The van der Waals surface area contributed by atoms with E-state index in [0.717, 1.165) is 6.47 Å². The maximum atomic E-state index is 11.6. The van der Waals surface area contributed by atoms with Crippen molar-refractivity contribution < 1.29 is 17.9 Å². The molecule has 85 valence electrons. The fourth-order valence-electron chi connectivity index (χ4n) is 1.03. The lowest BCUT2D eigenvalue weighted by molar-refractivity contribution is 0.297. The van der Waals surface area contributed by atoms with Crippen LogP contribution >= 0.6 is 0 Å². The van der Waals surface area contributed by atoms with E-state index in [1.807, 2.05) is 0 Å². The Kier molecular flexibility index (Phi) is 4.12. The molecule has 6 nitrogen and oxygen atoms in total. The number of ether oxygens (including phenoxy) is 1. The number of sulfone groups is 1. The molecule has 0 bridgehead atoms.